The molecule has 5 rings (SSSR count). The average molecular weight is 402 g/mol. The summed E-state index contributed by atoms with van der Waals surface area (Å²) in [6, 6.07) is 8.54. The Morgan fingerprint density at radius 3 is 2.80 bits per heavy atom. The van der Waals surface area contributed by atoms with Gasteiger partial charge in [-0.25, -0.2) is 0 Å². The molecule has 0 fully saturated rings. The van der Waals surface area contributed by atoms with E-state index in [9.17, 15) is 4.79 Å². The third kappa shape index (κ3) is 2.66. The summed E-state index contributed by atoms with van der Waals surface area (Å²) >= 11 is 0. The third-order valence-electron chi connectivity index (χ3n) is 6.85. The fraction of sp³-hybridized carbons (Fsp3) is 0.458. The van der Waals surface area contributed by atoms with Crippen LogP contribution >= 0.6 is 0 Å². The molecule has 3 heterocycles. The summed E-state index contributed by atoms with van der Waals surface area (Å²) in [6.07, 6.45) is 3.81. The van der Waals surface area contributed by atoms with Crippen molar-refractivity contribution >= 4 is 11.4 Å². The van der Waals surface area contributed by atoms with E-state index in [-0.39, 0.29) is 17.4 Å². The van der Waals surface area contributed by atoms with Crippen LogP contribution < -0.4 is 5.32 Å². The lowest BCUT2D eigenvalue weighted by Crippen LogP contribution is -2.51. The zero-order chi connectivity index (χ0) is 21.1. The average Bonchev–Trinajstić information content (AvgIpc) is 3.36. The first kappa shape index (κ1) is 19.1. The third-order valence-corrected chi connectivity index (χ3v) is 6.85. The maximum atomic E-state index is 13.6. The van der Waals surface area contributed by atoms with Crippen molar-refractivity contribution in [1.29, 1.82) is 0 Å². The van der Waals surface area contributed by atoms with Crippen LogP contribution in [0.4, 0.5) is 0 Å². The Kier molecular flexibility index (Phi) is 4.17. The fourth-order valence-electron chi connectivity index (χ4n) is 5.63. The van der Waals surface area contributed by atoms with E-state index in [4.69, 9.17) is 0 Å². The molecule has 3 aliphatic heterocycles. The molecule has 4 aliphatic rings. The molecule has 1 unspecified atom stereocenters. The second-order valence-corrected chi connectivity index (χ2v) is 9.46. The molecule has 6 heteroatoms. The van der Waals surface area contributed by atoms with Crippen molar-refractivity contribution in [3.8, 4) is 0 Å². The van der Waals surface area contributed by atoms with Crippen molar-refractivity contribution in [2.75, 3.05) is 6.54 Å². The van der Waals surface area contributed by atoms with Gasteiger partial charge in [-0.05, 0) is 36.3 Å². The van der Waals surface area contributed by atoms with Gasteiger partial charge in [0.25, 0.3) is 0 Å². The smallest absolute Gasteiger partial charge is 0.165 e. The number of hydrogen-bond donors (Lipinski definition) is 1. The van der Waals surface area contributed by atoms with Crippen LogP contribution in [-0.2, 0) is 10.2 Å². The predicted octanol–water partition coefficient (Wildman–Crippen LogP) is 5.45. The Morgan fingerprint density at radius 2 is 2.07 bits per heavy atom. The Morgan fingerprint density at radius 1 is 1.23 bits per heavy atom. The fourth-order valence-corrected chi connectivity index (χ4v) is 5.63. The number of rotatable bonds is 3. The molecule has 154 valence electrons. The van der Waals surface area contributed by atoms with Crippen LogP contribution in [0.25, 0.3) is 5.57 Å². The van der Waals surface area contributed by atoms with Gasteiger partial charge >= 0.3 is 0 Å². The second-order valence-electron chi connectivity index (χ2n) is 9.46. The van der Waals surface area contributed by atoms with Crippen LogP contribution in [0.3, 0.4) is 0 Å². The van der Waals surface area contributed by atoms with Crippen LogP contribution in [0, 0.1) is 5.41 Å². The van der Waals surface area contributed by atoms with E-state index in [0.29, 0.717) is 13.0 Å². The molecule has 0 saturated heterocycles. The molecule has 1 N–H and O–H groups in total. The maximum Gasteiger partial charge on any atom is 0.165 e. The standard InChI is InChI=1S/C24H27N5O/c1-5-24(17-8-6-7-15(9-17)16-12-25-26-13-16)20-14(2)28-29-22(20)27-18-10-23(3,4)11-19(30)21(18)24/h6-9,12,22,27H,5,10-11,13H2,1-4H3/t22?,24-/m0/s1. The number of nitrogens with one attached hydrogen (secondary N) is 1. The van der Waals surface area contributed by atoms with Crippen LogP contribution in [0.1, 0.15) is 58.1 Å². The zero-order valence-corrected chi connectivity index (χ0v) is 18.0. The van der Waals surface area contributed by atoms with Crippen LogP contribution in [-0.4, -0.2) is 18.5 Å². The molecule has 6 nitrogen and oxygen atoms in total. The van der Waals surface area contributed by atoms with E-state index in [0.717, 1.165) is 52.1 Å². The zero-order valence-electron chi connectivity index (χ0n) is 18.0. The summed E-state index contributed by atoms with van der Waals surface area (Å²) in [5, 5.41) is 20.6. The van der Waals surface area contributed by atoms with Crippen molar-refractivity contribution in [3.05, 3.63) is 64.1 Å². The number of carbonyl (C=O) groups is 1. The molecule has 0 saturated carbocycles. The quantitative estimate of drug-likeness (QED) is 0.730. The monoisotopic (exact) mass is 401 g/mol. The van der Waals surface area contributed by atoms with Gasteiger partial charge in [0.15, 0.2) is 11.9 Å². The minimum atomic E-state index is -0.518. The molecule has 1 aliphatic carbocycles. The van der Waals surface area contributed by atoms with Crippen LogP contribution in [0.5, 0.6) is 0 Å². The van der Waals surface area contributed by atoms with Crippen molar-refractivity contribution in [2.24, 2.45) is 25.9 Å². The highest BCUT2D eigenvalue weighted by atomic mass is 16.1. The Hall–Kier alpha value is -2.89. The van der Waals surface area contributed by atoms with Gasteiger partial charge in [-0.15, -0.1) is 0 Å². The summed E-state index contributed by atoms with van der Waals surface area (Å²) in [5.74, 6) is 0.233. The van der Waals surface area contributed by atoms with Gasteiger partial charge in [-0.3, -0.25) is 4.79 Å². The Bertz CT molecular complexity index is 1100. The molecule has 0 amide bonds. The van der Waals surface area contributed by atoms with E-state index in [1.807, 2.05) is 13.1 Å². The number of Topliss-reactive ketones (excluding diaryl/α,β-unsaturated/α-hetero) is 1. The molecule has 0 radical (unpaired) electrons. The van der Waals surface area contributed by atoms with E-state index in [1.165, 1.54) is 0 Å². The van der Waals surface area contributed by atoms with Gasteiger partial charge in [-0.2, -0.15) is 20.5 Å². The van der Waals surface area contributed by atoms with Crippen LogP contribution in [0.15, 0.2) is 73.5 Å². The second kappa shape index (κ2) is 6.56. The Balaban J connectivity index is 1.76. The first-order valence-corrected chi connectivity index (χ1v) is 10.7. The summed E-state index contributed by atoms with van der Waals surface area (Å²) in [4.78, 5) is 13.6. The van der Waals surface area contributed by atoms with E-state index < -0.39 is 5.41 Å². The summed E-state index contributed by atoms with van der Waals surface area (Å²) in [7, 11) is 0. The summed E-state index contributed by atoms with van der Waals surface area (Å²) in [6.45, 7) is 9.10. The molecule has 1 aromatic rings. The first-order chi connectivity index (χ1) is 14.4. The predicted molar refractivity (Wildman–Crippen MR) is 116 cm³/mol. The lowest BCUT2D eigenvalue weighted by Gasteiger charge is -2.48. The van der Waals surface area contributed by atoms with Crippen molar-refractivity contribution in [2.45, 2.75) is 58.5 Å². The summed E-state index contributed by atoms with van der Waals surface area (Å²) in [5.41, 5.74) is 6.73. The molecule has 30 heavy (non-hydrogen) atoms. The highest BCUT2D eigenvalue weighted by molar-refractivity contribution is 6.01. The minimum absolute atomic E-state index is 0.0616. The number of carbonyl (C=O) groups excluding carboxylic acids is 1. The van der Waals surface area contributed by atoms with Gasteiger partial charge in [0, 0.05) is 28.8 Å². The van der Waals surface area contributed by atoms with E-state index in [2.05, 4.69) is 70.8 Å². The van der Waals surface area contributed by atoms with Crippen LogP contribution in [0.2, 0.25) is 0 Å². The van der Waals surface area contributed by atoms with Crippen molar-refractivity contribution < 1.29 is 4.79 Å². The van der Waals surface area contributed by atoms with Gasteiger partial charge in [0.05, 0.1) is 23.9 Å². The highest BCUT2D eigenvalue weighted by Crippen LogP contribution is 2.55. The molecule has 0 bridgehead atoms. The molecule has 2 atom stereocenters. The molecule has 1 aromatic carbocycles. The number of fused-ring (bicyclic) bond motifs is 1. The minimum Gasteiger partial charge on any atom is -0.362 e. The lowest BCUT2D eigenvalue weighted by atomic mass is 9.58. The topological polar surface area (TPSA) is 78.5 Å². The molecular weight excluding hydrogens is 374 g/mol. The number of ketones is 1. The van der Waals surface area contributed by atoms with Gasteiger partial charge in [0.2, 0.25) is 0 Å². The van der Waals surface area contributed by atoms with Gasteiger partial charge < -0.3 is 5.32 Å². The van der Waals surface area contributed by atoms with E-state index >= 15 is 0 Å². The summed E-state index contributed by atoms with van der Waals surface area (Å²) < 4.78 is 0. The highest BCUT2D eigenvalue weighted by Gasteiger charge is 2.53. The molecule has 0 aromatic heterocycles. The molecular formula is C24H27N5O. The number of hydrogen-bond acceptors (Lipinski definition) is 6. The first-order valence-electron chi connectivity index (χ1n) is 10.7. The van der Waals surface area contributed by atoms with E-state index in [1.54, 1.807) is 0 Å². The number of azo groups is 2. The SMILES string of the molecule is CC[C@@]1(c2cccc(C3=CN=NC3)c2)C2=C(CC(C)(C)CC2=O)NC2N=NC(C)=C21. The molecule has 0 spiro atoms. The van der Waals surface area contributed by atoms with Gasteiger partial charge in [-0.1, -0.05) is 45.0 Å². The largest absolute Gasteiger partial charge is 0.362 e. The number of benzene rings is 1. The normalized spacial score (nSPS) is 29.1. The Labute approximate surface area is 177 Å². The maximum absolute atomic E-state index is 13.6. The lowest BCUT2D eigenvalue weighted by molar-refractivity contribution is -0.119. The van der Waals surface area contributed by atoms with Gasteiger partial charge in [0.1, 0.15) is 0 Å². The number of nitrogens with zero attached hydrogens (tertiary/aromatic N) is 4. The number of allylic oxidation sites excluding steroid dienone is 3. The van der Waals surface area contributed by atoms with Crippen molar-refractivity contribution in [3.63, 3.8) is 0 Å². The van der Waals surface area contributed by atoms with Crippen molar-refractivity contribution in [1.82, 2.24) is 5.32 Å².